The van der Waals surface area contributed by atoms with Crippen LogP contribution in [0.15, 0.2) is 121 Å². The lowest BCUT2D eigenvalue weighted by atomic mass is 9.80. The second kappa shape index (κ2) is 27.6. The first-order valence-electron chi connectivity index (χ1n) is 23.7. The van der Waals surface area contributed by atoms with Crippen molar-refractivity contribution < 1.29 is 47.5 Å². The summed E-state index contributed by atoms with van der Waals surface area (Å²) in [5.41, 5.74) is 8.74. The molecule has 0 radical (unpaired) electrons. The molecule has 2 N–H and O–H groups in total. The van der Waals surface area contributed by atoms with E-state index >= 15 is 0 Å². The van der Waals surface area contributed by atoms with E-state index in [0.717, 1.165) is 44.5 Å². The minimum absolute atomic E-state index is 0.0644. The molecule has 0 aromatic heterocycles. The van der Waals surface area contributed by atoms with Crippen LogP contribution in [-0.4, -0.2) is 50.6 Å². The van der Waals surface area contributed by atoms with E-state index in [-0.39, 0.29) is 68.5 Å². The summed E-state index contributed by atoms with van der Waals surface area (Å²) in [6.45, 7) is 20.4. The van der Waals surface area contributed by atoms with Crippen LogP contribution in [-0.2, 0) is 29.9 Å². The summed E-state index contributed by atoms with van der Waals surface area (Å²) >= 11 is 12.4. The van der Waals surface area contributed by atoms with Gasteiger partial charge in [0.15, 0.2) is 0 Å². The second-order valence-electron chi connectivity index (χ2n) is 19.6. The van der Waals surface area contributed by atoms with Crippen molar-refractivity contribution in [3.8, 4) is 45.3 Å². The Morgan fingerprint density at radius 1 is 0.486 bits per heavy atom. The van der Waals surface area contributed by atoms with Crippen molar-refractivity contribution in [3.63, 3.8) is 0 Å². The standard InChI is InChI=1S/2C19H22ClFO.2C11H14O3/c2*1-12(20)13-6-8-15(17(10-13)19(2,3)4)16-11-14(22-5)7-9-18(16)21;2*1-8(6-11(13)14-2)9-4-3-5-10(12)7-9/h2*6-12H,1-5H3;2*3-5,7-8,12H,6H2,1-2H3/t2*12-;2*8-/m1010/s1. The van der Waals surface area contributed by atoms with Gasteiger partial charge in [-0.05, 0) is 142 Å². The molecule has 388 valence electrons. The highest BCUT2D eigenvalue weighted by Gasteiger charge is 2.24. The van der Waals surface area contributed by atoms with Crippen molar-refractivity contribution in [2.45, 2.75) is 115 Å². The molecule has 6 aromatic carbocycles. The maximum Gasteiger partial charge on any atom is 0.306 e. The number of phenolic OH excluding ortho intramolecular Hbond substituents is 2. The van der Waals surface area contributed by atoms with E-state index in [1.807, 2.05) is 64.1 Å². The number of carbonyl (C=O) groups excluding carboxylic acids is 2. The van der Waals surface area contributed by atoms with Gasteiger partial charge in [-0.2, -0.15) is 0 Å². The fourth-order valence-corrected chi connectivity index (χ4v) is 7.84. The van der Waals surface area contributed by atoms with E-state index in [0.29, 0.717) is 35.5 Å². The van der Waals surface area contributed by atoms with Crippen LogP contribution in [0, 0.1) is 11.6 Å². The Labute approximate surface area is 436 Å². The molecule has 0 aliphatic rings. The van der Waals surface area contributed by atoms with Crippen molar-refractivity contribution in [3.05, 3.63) is 166 Å². The normalized spacial score (nSPS) is 12.7. The lowest BCUT2D eigenvalue weighted by molar-refractivity contribution is -0.141. The largest absolute Gasteiger partial charge is 0.508 e. The molecule has 0 aliphatic carbocycles. The molecular weight excluding hydrogens is 958 g/mol. The third-order valence-corrected chi connectivity index (χ3v) is 12.3. The third-order valence-electron chi connectivity index (χ3n) is 11.8. The van der Waals surface area contributed by atoms with Gasteiger partial charge in [-0.15, -0.1) is 23.2 Å². The zero-order valence-corrected chi connectivity index (χ0v) is 45.6. The predicted octanol–water partition coefficient (Wildman–Crippen LogP) is 16.3. The molecule has 0 unspecified atom stereocenters. The number of aromatic hydroxyl groups is 2. The van der Waals surface area contributed by atoms with Crippen LogP contribution in [0.25, 0.3) is 22.3 Å². The van der Waals surface area contributed by atoms with Crippen molar-refractivity contribution in [1.29, 1.82) is 0 Å². The van der Waals surface area contributed by atoms with E-state index in [2.05, 4.69) is 63.1 Å². The monoisotopic (exact) mass is 1030 g/mol. The topological polar surface area (TPSA) is 112 Å². The van der Waals surface area contributed by atoms with Crippen LogP contribution in [0.4, 0.5) is 8.78 Å². The summed E-state index contributed by atoms with van der Waals surface area (Å²) in [6, 6.07) is 35.4. The number of ether oxygens (including phenoxy) is 4. The van der Waals surface area contributed by atoms with Crippen LogP contribution in [0.3, 0.4) is 0 Å². The maximum absolute atomic E-state index is 14.3. The number of hydrogen-bond donors (Lipinski definition) is 2. The minimum atomic E-state index is -0.252. The first-order valence-corrected chi connectivity index (χ1v) is 24.6. The lowest BCUT2D eigenvalue weighted by Crippen LogP contribution is -2.14. The molecule has 4 atom stereocenters. The zero-order chi connectivity index (χ0) is 54.1. The molecule has 12 heteroatoms. The summed E-state index contributed by atoms with van der Waals surface area (Å²) in [5.74, 6) is 0.886. The van der Waals surface area contributed by atoms with E-state index < -0.39 is 0 Å². The fraction of sp³-hybridized carbons (Fsp3) is 0.367. The van der Waals surface area contributed by atoms with E-state index in [1.165, 1.54) is 26.4 Å². The molecule has 0 aliphatic heterocycles. The smallest absolute Gasteiger partial charge is 0.306 e. The molecule has 8 nitrogen and oxygen atoms in total. The molecule has 0 heterocycles. The van der Waals surface area contributed by atoms with Crippen molar-refractivity contribution in [1.82, 2.24) is 0 Å². The first-order chi connectivity index (χ1) is 33.7. The Bertz CT molecular complexity index is 2520. The van der Waals surface area contributed by atoms with Crippen LogP contribution in [0.5, 0.6) is 23.0 Å². The van der Waals surface area contributed by atoms with Crippen LogP contribution in [0.2, 0.25) is 0 Å². The Kier molecular flexibility index (Phi) is 23.1. The first kappa shape index (κ1) is 60.2. The Hall–Kier alpha value is -6.10. The highest BCUT2D eigenvalue weighted by Crippen LogP contribution is 2.40. The summed E-state index contributed by atoms with van der Waals surface area (Å²) in [5, 5.41) is 18.3. The molecular formula is C60H72Cl2F2O8. The molecule has 0 fully saturated rings. The summed E-state index contributed by atoms with van der Waals surface area (Å²) in [6.07, 6.45) is 0.667. The summed E-state index contributed by atoms with van der Waals surface area (Å²) in [4.78, 5) is 22.0. The van der Waals surface area contributed by atoms with Crippen molar-refractivity contribution >= 4 is 35.1 Å². The molecule has 0 spiro atoms. The quantitative estimate of drug-likeness (QED) is 0.0921. The predicted molar refractivity (Wildman–Crippen MR) is 289 cm³/mol. The molecule has 0 saturated heterocycles. The van der Waals surface area contributed by atoms with Crippen LogP contribution in [0.1, 0.15) is 138 Å². The molecule has 6 rings (SSSR count). The molecule has 0 saturated carbocycles. The Morgan fingerprint density at radius 3 is 1.11 bits per heavy atom. The summed E-state index contributed by atoms with van der Waals surface area (Å²) in [7, 11) is 5.91. The van der Waals surface area contributed by atoms with E-state index in [4.69, 9.17) is 32.7 Å². The van der Waals surface area contributed by atoms with Gasteiger partial charge in [0.1, 0.15) is 34.6 Å². The van der Waals surface area contributed by atoms with Gasteiger partial charge in [0.05, 0.1) is 52.0 Å². The molecule has 0 bridgehead atoms. The van der Waals surface area contributed by atoms with Gasteiger partial charge < -0.3 is 29.2 Å². The van der Waals surface area contributed by atoms with Crippen LogP contribution >= 0.6 is 23.2 Å². The highest BCUT2D eigenvalue weighted by molar-refractivity contribution is 6.20. The molecule has 6 aromatic rings. The Balaban J connectivity index is 0.000000260. The van der Waals surface area contributed by atoms with Gasteiger partial charge >= 0.3 is 11.9 Å². The van der Waals surface area contributed by atoms with Gasteiger partial charge in [-0.3, -0.25) is 9.59 Å². The zero-order valence-electron chi connectivity index (χ0n) is 44.1. The average molecular weight is 1030 g/mol. The van der Waals surface area contributed by atoms with Gasteiger partial charge in [0.2, 0.25) is 0 Å². The maximum atomic E-state index is 14.3. The number of methoxy groups -OCH3 is 4. The number of benzene rings is 6. The number of halogens is 4. The van der Waals surface area contributed by atoms with Gasteiger partial charge in [-0.25, -0.2) is 8.78 Å². The Morgan fingerprint density at radius 2 is 0.833 bits per heavy atom. The van der Waals surface area contributed by atoms with Crippen molar-refractivity contribution in [2.75, 3.05) is 28.4 Å². The van der Waals surface area contributed by atoms with E-state index in [9.17, 15) is 28.6 Å². The highest BCUT2D eigenvalue weighted by atomic mass is 35.5. The molecule has 0 amide bonds. The summed E-state index contributed by atoms with van der Waals surface area (Å²) < 4.78 is 48.3. The number of alkyl halides is 2. The third kappa shape index (κ3) is 18.2. The number of esters is 2. The van der Waals surface area contributed by atoms with Crippen molar-refractivity contribution in [2.24, 2.45) is 0 Å². The second-order valence-corrected chi connectivity index (χ2v) is 20.9. The van der Waals surface area contributed by atoms with Gasteiger partial charge in [-0.1, -0.05) is 116 Å². The average Bonchev–Trinajstić information content (AvgIpc) is 3.33. The number of hydrogen-bond acceptors (Lipinski definition) is 8. The minimum Gasteiger partial charge on any atom is -0.508 e. The van der Waals surface area contributed by atoms with Gasteiger partial charge in [0.25, 0.3) is 0 Å². The van der Waals surface area contributed by atoms with Gasteiger partial charge in [0, 0.05) is 11.1 Å². The number of carbonyl (C=O) groups is 2. The lowest BCUT2D eigenvalue weighted by Gasteiger charge is -2.25. The number of rotatable bonds is 12. The SMILES string of the molecule is COC(=O)C[C@@H](C)c1cccc(O)c1.COC(=O)C[C@H](C)c1cccc(O)c1.COc1ccc(F)c(-c2ccc([C@@H](C)Cl)cc2C(C)(C)C)c1.COc1ccc(F)c(-c2ccc([C@H](C)Cl)cc2C(C)(C)C)c1. The fourth-order valence-electron chi connectivity index (χ4n) is 7.57. The van der Waals surface area contributed by atoms with E-state index in [1.54, 1.807) is 74.9 Å². The number of phenols is 2. The van der Waals surface area contributed by atoms with Crippen LogP contribution < -0.4 is 9.47 Å². The molecule has 72 heavy (non-hydrogen) atoms.